The van der Waals surface area contributed by atoms with Crippen LogP contribution in [0.25, 0.3) is 0 Å². The average Bonchev–Trinajstić information content (AvgIpc) is 2.35. The normalized spacial score (nSPS) is 10.8. The fourth-order valence-electron chi connectivity index (χ4n) is 1.46. The van der Waals surface area contributed by atoms with Gasteiger partial charge in [-0.05, 0) is 25.1 Å². The van der Waals surface area contributed by atoms with Crippen molar-refractivity contribution in [2.45, 2.75) is 13.0 Å². The second kappa shape index (κ2) is 9.59. The summed E-state index contributed by atoms with van der Waals surface area (Å²) < 4.78 is 10.2. The largest absolute Gasteiger partial charge is 0.382 e. The van der Waals surface area contributed by atoms with E-state index in [4.69, 9.17) is 32.7 Å². The molecular formula is C13H19Cl2NO2. The second-order valence-electron chi connectivity index (χ2n) is 3.84. The predicted molar refractivity (Wildman–Crippen MR) is 75.5 cm³/mol. The Morgan fingerprint density at radius 2 is 1.83 bits per heavy atom. The lowest BCUT2D eigenvalue weighted by Crippen LogP contribution is -2.17. The van der Waals surface area contributed by atoms with Gasteiger partial charge in [-0.25, -0.2) is 0 Å². The molecule has 3 nitrogen and oxygen atoms in total. The molecule has 0 atom stereocenters. The van der Waals surface area contributed by atoms with Crippen molar-refractivity contribution in [1.82, 2.24) is 5.32 Å². The third-order valence-corrected chi connectivity index (χ3v) is 3.15. The number of methoxy groups -OCH3 is 1. The van der Waals surface area contributed by atoms with Crippen LogP contribution >= 0.6 is 23.2 Å². The molecule has 0 radical (unpaired) electrons. The molecule has 0 aliphatic carbocycles. The summed E-state index contributed by atoms with van der Waals surface area (Å²) in [6, 6.07) is 5.54. The van der Waals surface area contributed by atoms with Gasteiger partial charge in [-0.2, -0.15) is 0 Å². The summed E-state index contributed by atoms with van der Waals surface area (Å²) in [4.78, 5) is 0. The van der Waals surface area contributed by atoms with Crippen molar-refractivity contribution in [1.29, 1.82) is 0 Å². The molecular weight excluding hydrogens is 273 g/mol. The van der Waals surface area contributed by atoms with Crippen LogP contribution in [0.5, 0.6) is 0 Å². The lowest BCUT2D eigenvalue weighted by Gasteiger charge is -2.08. The Labute approximate surface area is 118 Å². The SMILES string of the molecule is COCCOCCCNCc1c(Cl)cccc1Cl. The first-order valence-electron chi connectivity index (χ1n) is 5.96. The number of halogens is 2. The topological polar surface area (TPSA) is 30.5 Å². The van der Waals surface area contributed by atoms with Gasteiger partial charge in [0, 0.05) is 35.9 Å². The van der Waals surface area contributed by atoms with E-state index in [2.05, 4.69) is 5.32 Å². The minimum absolute atomic E-state index is 0.642. The van der Waals surface area contributed by atoms with E-state index in [9.17, 15) is 0 Å². The summed E-state index contributed by atoms with van der Waals surface area (Å²) in [5.74, 6) is 0. The number of hydrogen-bond acceptors (Lipinski definition) is 3. The van der Waals surface area contributed by atoms with Crippen molar-refractivity contribution in [2.24, 2.45) is 0 Å². The Morgan fingerprint density at radius 1 is 1.11 bits per heavy atom. The standard InChI is InChI=1S/C13H19Cl2NO2/c1-17-8-9-18-7-3-6-16-10-11-12(14)4-2-5-13(11)15/h2,4-5,16H,3,6-10H2,1H3. The van der Waals surface area contributed by atoms with E-state index in [0.717, 1.165) is 25.1 Å². The van der Waals surface area contributed by atoms with Crippen molar-refractivity contribution in [3.63, 3.8) is 0 Å². The van der Waals surface area contributed by atoms with Gasteiger partial charge >= 0.3 is 0 Å². The first-order chi connectivity index (χ1) is 8.75. The molecule has 5 heteroatoms. The van der Waals surface area contributed by atoms with E-state index in [1.165, 1.54) is 0 Å². The molecule has 0 heterocycles. The van der Waals surface area contributed by atoms with Crippen molar-refractivity contribution < 1.29 is 9.47 Å². The van der Waals surface area contributed by atoms with Crippen molar-refractivity contribution in [3.05, 3.63) is 33.8 Å². The van der Waals surface area contributed by atoms with Crippen LogP contribution in [0.15, 0.2) is 18.2 Å². The van der Waals surface area contributed by atoms with Crippen LogP contribution < -0.4 is 5.32 Å². The molecule has 1 aromatic carbocycles. The zero-order valence-electron chi connectivity index (χ0n) is 10.5. The van der Waals surface area contributed by atoms with Crippen LogP contribution in [0.3, 0.4) is 0 Å². The van der Waals surface area contributed by atoms with Gasteiger partial charge in [-0.15, -0.1) is 0 Å². The molecule has 0 saturated heterocycles. The zero-order chi connectivity index (χ0) is 13.2. The monoisotopic (exact) mass is 291 g/mol. The fourth-order valence-corrected chi connectivity index (χ4v) is 1.99. The van der Waals surface area contributed by atoms with Gasteiger partial charge in [0.05, 0.1) is 13.2 Å². The maximum Gasteiger partial charge on any atom is 0.0700 e. The molecule has 0 aromatic heterocycles. The van der Waals surface area contributed by atoms with Crippen molar-refractivity contribution >= 4 is 23.2 Å². The van der Waals surface area contributed by atoms with E-state index in [1.54, 1.807) is 7.11 Å². The minimum Gasteiger partial charge on any atom is -0.382 e. The lowest BCUT2D eigenvalue weighted by molar-refractivity contribution is 0.0695. The second-order valence-corrected chi connectivity index (χ2v) is 4.65. The highest BCUT2D eigenvalue weighted by molar-refractivity contribution is 6.35. The zero-order valence-corrected chi connectivity index (χ0v) is 12.1. The fraction of sp³-hybridized carbons (Fsp3) is 0.538. The van der Waals surface area contributed by atoms with E-state index >= 15 is 0 Å². The Balaban J connectivity index is 2.11. The average molecular weight is 292 g/mol. The summed E-state index contributed by atoms with van der Waals surface area (Å²) in [5.41, 5.74) is 0.945. The lowest BCUT2D eigenvalue weighted by atomic mass is 10.2. The van der Waals surface area contributed by atoms with E-state index in [0.29, 0.717) is 29.8 Å². The van der Waals surface area contributed by atoms with Crippen LogP contribution in [0, 0.1) is 0 Å². The summed E-state index contributed by atoms with van der Waals surface area (Å²) >= 11 is 12.1. The summed E-state index contributed by atoms with van der Waals surface area (Å²) in [7, 11) is 1.66. The molecule has 0 unspecified atom stereocenters. The van der Waals surface area contributed by atoms with Crippen LogP contribution in [-0.4, -0.2) is 33.5 Å². The summed E-state index contributed by atoms with van der Waals surface area (Å²) in [6.07, 6.45) is 0.950. The molecule has 1 aromatic rings. The Hall–Kier alpha value is -0.320. The molecule has 0 aliphatic heterocycles. The number of rotatable bonds is 9. The van der Waals surface area contributed by atoms with E-state index in [1.807, 2.05) is 18.2 Å². The number of hydrogen-bond donors (Lipinski definition) is 1. The van der Waals surface area contributed by atoms with Gasteiger partial charge in [0.2, 0.25) is 0 Å². The van der Waals surface area contributed by atoms with E-state index in [-0.39, 0.29) is 0 Å². The van der Waals surface area contributed by atoms with E-state index < -0.39 is 0 Å². The third kappa shape index (κ3) is 6.03. The number of ether oxygens (including phenoxy) is 2. The summed E-state index contributed by atoms with van der Waals surface area (Å²) in [6.45, 7) is 3.56. The van der Waals surface area contributed by atoms with Gasteiger partial charge in [-0.3, -0.25) is 0 Å². The molecule has 0 spiro atoms. The maximum absolute atomic E-state index is 6.06. The van der Waals surface area contributed by atoms with Gasteiger partial charge in [0.1, 0.15) is 0 Å². The summed E-state index contributed by atoms with van der Waals surface area (Å²) in [5, 5.41) is 4.69. The van der Waals surface area contributed by atoms with Crippen LogP contribution in [-0.2, 0) is 16.0 Å². The minimum atomic E-state index is 0.642. The van der Waals surface area contributed by atoms with Crippen LogP contribution in [0.1, 0.15) is 12.0 Å². The smallest absolute Gasteiger partial charge is 0.0700 e. The number of benzene rings is 1. The molecule has 102 valence electrons. The molecule has 0 aliphatic rings. The third-order valence-electron chi connectivity index (χ3n) is 2.44. The van der Waals surface area contributed by atoms with Crippen LogP contribution in [0.2, 0.25) is 10.0 Å². The van der Waals surface area contributed by atoms with Crippen molar-refractivity contribution in [2.75, 3.05) is 33.5 Å². The van der Waals surface area contributed by atoms with Gasteiger partial charge in [0.25, 0.3) is 0 Å². The molecule has 1 rings (SSSR count). The molecule has 0 amide bonds. The molecule has 0 fully saturated rings. The van der Waals surface area contributed by atoms with Gasteiger partial charge < -0.3 is 14.8 Å². The highest BCUT2D eigenvalue weighted by atomic mass is 35.5. The van der Waals surface area contributed by atoms with Gasteiger partial charge in [0.15, 0.2) is 0 Å². The molecule has 1 N–H and O–H groups in total. The Bertz CT molecular complexity index is 328. The highest BCUT2D eigenvalue weighted by Gasteiger charge is 2.03. The maximum atomic E-state index is 6.06. The highest BCUT2D eigenvalue weighted by Crippen LogP contribution is 2.23. The first-order valence-corrected chi connectivity index (χ1v) is 6.71. The van der Waals surface area contributed by atoms with Gasteiger partial charge in [-0.1, -0.05) is 29.3 Å². The number of nitrogens with one attached hydrogen (secondary N) is 1. The molecule has 0 bridgehead atoms. The quantitative estimate of drug-likeness (QED) is 0.709. The Morgan fingerprint density at radius 3 is 2.50 bits per heavy atom. The molecule has 0 saturated carbocycles. The van der Waals surface area contributed by atoms with Crippen molar-refractivity contribution in [3.8, 4) is 0 Å². The predicted octanol–water partition coefficient (Wildman–Crippen LogP) is 3.14. The molecule has 18 heavy (non-hydrogen) atoms. The Kier molecular flexibility index (Phi) is 8.38. The van der Waals surface area contributed by atoms with Crippen LogP contribution in [0.4, 0.5) is 0 Å². The first kappa shape index (κ1) is 15.7.